The molecule has 1 aromatic heterocycles. The SMILES string of the molecule is CCOC(=O)c1c(N)nsc1N1CCCC2C(=O)NCC21. The van der Waals surface area contributed by atoms with Crippen LogP contribution in [-0.2, 0) is 9.53 Å². The van der Waals surface area contributed by atoms with Crippen LogP contribution in [0.15, 0.2) is 0 Å². The van der Waals surface area contributed by atoms with Crippen LogP contribution in [0.2, 0.25) is 0 Å². The lowest BCUT2D eigenvalue weighted by Crippen LogP contribution is -2.45. The van der Waals surface area contributed by atoms with Gasteiger partial charge < -0.3 is 20.7 Å². The Morgan fingerprint density at radius 1 is 1.62 bits per heavy atom. The van der Waals surface area contributed by atoms with Gasteiger partial charge in [-0.2, -0.15) is 4.37 Å². The van der Waals surface area contributed by atoms with Crippen molar-refractivity contribution in [2.24, 2.45) is 5.92 Å². The molecule has 2 fully saturated rings. The number of nitrogens with one attached hydrogen (secondary N) is 1. The average Bonchev–Trinajstić information content (AvgIpc) is 3.03. The van der Waals surface area contributed by atoms with E-state index in [4.69, 9.17) is 10.5 Å². The number of carbonyl (C=O) groups excluding carboxylic acids is 2. The number of ether oxygens (including phenoxy) is 1. The minimum absolute atomic E-state index is 0.0166. The number of nitrogens with two attached hydrogens (primary N) is 1. The minimum Gasteiger partial charge on any atom is -0.462 e. The Morgan fingerprint density at radius 2 is 2.43 bits per heavy atom. The molecule has 2 aliphatic heterocycles. The highest BCUT2D eigenvalue weighted by atomic mass is 32.1. The van der Waals surface area contributed by atoms with E-state index >= 15 is 0 Å². The van der Waals surface area contributed by atoms with Gasteiger partial charge in [0, 0.05) is 13.1 Å². The zero-order valence-electron chi connectivity index (χ0n) is 11.8. The van der Waals surface area contributed by atoms with Crippen LogP contribution in [0.3, 0.4) is 0 Å². The quantitative estimate of drug-likeness (QED) is 0.794. The third-order valence-electron chi connectivity index (χ3n) is 4.04. The fourth-order valence-corrected chi connectivity index (χ4v) is 3.97. The second-order valence-corrected chi connectivity index (χ2v) is 5.97. The molecule has 3 heterocycles. The van der Waals surface area contributed by atoms with Crippen LogP contribution in [-0.4, -0.2) is 42.0 Å². The molecule has 0 aliphatic carbocycles. The summed E-state index contributed by atoms with van der Waals surface area (Å²) in [7, 11) is 0. The molecule has 21 heavy (non-hydrogen) atoms. The van der Waals surface area contributed by atoms with E-state index in [0.29, 0.717) is 18.7 Å². The van der Waals surface area contributed by atoms with Gasteiger partial charge in [-0.15, -0.1) is 0 Å². The lowest BCUT2D eigenvalue weighted by molar-refractivity contribution is -0.122. The third kappa shape index (κ3) is 2.33. The Hall–Kier alpha value is -1.83. The summed E-state index contributed by atoms with van der Waals surface area (Å²) in [6.07, 6.45) is 1.80. The molecule has 2 atom stereocenters. The number of hydrogen-bond acceptors (Lipinski definition) is 7. The number of nitrogen functional groups attached to an aromatic ring is 1. The predicted octanol–water partition coefficient (Wildman–Crippen LogP) is 0.617. The largest absolute Gasteiger partial charge is 0.462 e. The molecule has 3 N–H and O–H groups in total. The van der Waals surface area contributed by atoms with E-state index in [-0.39, 0.29) is 23.7 Å². The Labute approximate surface area is 126 Å². The summed E-state index contributed by atoms with van der Waals surface area (Å²) in [5, 5.41) is 3.62. The molecule has 114 valence electrons. The molecule has 3 rings (SSSR count). The van der Waals surface area contributed by atoms with Crippen molar-refractivity contribution in [2.75, 3.05) is 30.3 Å². The first-order valence-corrected chi connectivity index (χ1v) is 7.87. The fraction of sp³-hybridized carbons (Fsp3) is 0.615. The van der Waals surface area contributed by atoms with Gasteiger partial charge in [0.05, 0.1) is 18.6 Å². The number of hydrogen-bond donors (Lipinski definition) is 2. The van der Waals surface area contributed by atoms with Crippen LogP contribution in [0.1, 0.15) is 30.1 Å². The van der Waals surface area contributed by atoms with E-state index in [0.717, 1.165) is 24.4 Å². The van der Waals surface area contributed by atoms with Crippen molar-refractivity contribution in [3.63, 3.8) is 0 Å². The summed E-state index contributed by atoms with van der Waals surface area (Å²) >= 11 is 1.20. The van der Waals surface area contributed by atoms with Crippen LogP contribution in [0.25, 0.3) is 0 Å². The van der Waals surface area contributed by atoms with Gasteiger partial charge in [0.1, 0.15) is 10.6 Å². The predicted molar refractivity (Wildman–Crippen MR) is 79.4 cm³/mol. The van der Waals surface area contributed by atoms with Gasteiger partial charge >= 0.3 is 5.97 Å². The topological polar surface area (TPSA) is 97.6 Å². The molecular weight excluding hydrogens is 292 g/mol. The van der Waals surface area contributed by atoms with Gasteiger partial charge in [0.25, 0.3) is 0 Å². The fourth-order valence-electron chi connectivity index (χ4n) is 3.09. The second kappa shape index (κ2) is 5.51. The van der Waals surface area contributed by atoms with Crippen molar-refractivity contribution in [3.05, 3.63) is 5.56 Å². The standard InChI is InChI=1S/C13H18N4O3S/c1-2-20-13(19)9-10(14)16-21-12(9)17-5-3-4-7-8(17)6-15-11(7)18/h7-8H,2-6H2,1H3,(H2,14,16)(H,15,18). The van der Waals surface area contributed by atoms with Crippen LogP contribution < -0.4 is 16.0 Å². The van der Waals surface area contributed by atoms with E-state index < -0.39 is 5.97 Å². The van der Waals surface area contributed by atoms with E-state index in [1.54, 1.807) is 6.92 Å². The summed E-state index contributed by atoms with van der Waals surface area (Å²) < 4.78 is 9.17. The number of aromatic nitrogens is 1. The monoisotopic (exact) mass is 310 g/mol. The number of anilines is 2. The first kappa shape index (κ1) is 14.1. The average molecular weight is 310 g/mol. The molecule has 2 aliphatic rings. The molecule has 0 bridgehead atoms. The summed E-state index contributed by atoms with van der Waals surface area (Å²) in [5.74, 6) is -0.164. The highest BCUT2D eigenvalue weighted by Gasteiger charge is 2.42. The number of nitrogens with zero attached hydrogens (tertiary/aromatic N) is 2. The molecule has 1 aromatic rings. The second-order valence-electron chi connectivity index (χ2n) is 5.22. The maximum absolute atomic E-state index is 12.1. The Balaban J connectivity index is 1.93. The van der Waals surface area contributed by atoms with Crippen molar-refractivity contribution >= 4 is 34.2 Å². The molecule has 1 amide bonds. The van der Waals surface area contributed by atoms with Gasteiger partial charge in [-0.25, -0.2) is 4.79 Å². The van der Waals surface area contributed by atoms with E-state index in [2.05, 4.69) is 14.6 Å². The highest BCUT2D eigenvalue weighted by Crippen LogP contribution is 2.38. The lowest BCUT2D eigenvalue weighted by atomic mass is 9.91. The third-order valence-corrected chi connectivity index (χ3v) is 4.94. The molecule has 0 saturated carbocycles. The molecule has 0 radical (unpaired) electrons. The first-order chi connectivity index (χ1) is 10.1. The number of fused-ring (bicyclic) bond motifs is 1. The maximum Gasteiger partial charge on any atom is 0.345 e. The summed E-state index contributed by atoms with van der Waals surface area (Å²) in [5.41, 5.74) is 6.17. The number of piperidine rings is 1. The van der Waals surface area contributed by atoms with E-state index in [1.165, 1.54) is 11.5 Å². The lowest BCUT2D eigenvalue weighted by Gasteiger charge is -2.36. The normalized spacial score (nSPS) is 24.6. The minimum atomic E-state index is -0.446. The van der Waals surface area contributed by atoms with Crippen LogP contribution >= 0.6 is 11.5 Å². The highest BCUT2D eigenvalue weighted by molar-refractivity contribution is 7.11. The summed E-state index contributed by atoms with van der Waals surface area (Å²) in [6, 6.07) is 0.0688. The van der Waals surface area contributed by atoms with Gasteiger partial charge in [0.2, 0.25) is 5.91 Å². The number of carbonyl (C=O) groups is 2. The molecule has 0 spiro atoms. The van der Waals surface area contributed by atoms with Gasteiger partial charge in [0.15, 0.2) is 5.82 Å². The number of amides is 1. The molecule has 7 nitrogen and oxygen atoms in total. The molecule has 2 unspecified atom stereocenters. The van der Waals surface area contributed by atoms with Crippen molar-refractivity contribution < 1.29 is 14.3 Å². The molecule has 0 aromatic carbocycles. The first-order valence-electron chi connectivity index (χ1n) is 7.10. The van der Waals surface area contributed by atoms with Crippen LogP contribution in [0.4, 0.5) is 10.8 Å². The van der Waals surface area contributed by atoms with Crippen LogP contribution in [0.5, 0.6) is 0 Å². The Morgan fingerprint density at radius 3 is 3.19 bits per heavy atom. The van der Waals surface area contributed by atoms with Gasteiger partial charge in [-0.1, -0.05) is 0 Å². The van der Waals surface area contributed by atoms with E-state index in [1.807, 2.05) is 0 Å². The molecule has 2 saturated heterocycles. The summed E-state index contributed by atoms with van der Waals surface area (Å²) in [4.78, 5) is 26.0. The summed E-state index contributed by atoms with van der Waals surface area (Å²) in [6.45, 7) is 3.44. The maximum atomic E-state index is 12.1. The number of esters is 1. The van der Waals surface area contributed by atoms with Gasteiger partial charge in [-0.3, -0.25) is 4.79 Å². The van der Waals surface area contributed by atoms with Crippen molar-refractivity contribution in [3.8, 4) is 0 Å². The number of rotatable bonds is 3. The van der Waals surface area contributed by atoms with Crippen molar-refractivity contribution in [1.82, 2.24) is 9.69 Å². The Kier molecular flexibility index (Phi) is 3.71. The zero-order valence-corrected chi connectivity index (χ0v) is 12.6. The van der Waals surface area contributed by atoms with Crippen molar-refractivity contribution in [2.45, 2.75) is 25.8 Å². The van der Waals surface area contributed by atoms with Crippen molar-refractivity contribution in [1.29, 1.82) is 0 Å². The zero-order chi connectivity index (χ0) is 15.0. The molecule has 8 heteroatoms. The smallest absolute Gasteiger partial charge is 0.345 e. The van der Waals surface area contributed by atoms with Gasteiger partial charge in [-0.05, 0) is 31.3 Å². The molecular formula is C13H18N4O3S. The Bertz CT molecular complexity index is 574. The van der Waals surface area contributed by atoms with Crippen LogP contribution in [0, 0.1) is 5.92 Å². The van der Waals surface area contributed by atoms with E-state index in [9.17, 15) is 9.59 Å².